The Morgan fingerprint density at radius 3 is 2.69 bits per heavy atom. The molecule has 0 aliphatic carbocycles. The maximum atomic E-state index is 12.6. The SMILES string of the molecule is [B]C1OC(CCP(=O)(O)O)C=C1F. The molecule has 13 heavy (non-hydrogen) atoms. The Morgan fingerprint density at radius 1 is 1.69 bits per heavy atom. The lowest BCUT2D eigenvalue weighted by Gasteiger charge is -2.11. The predicted octanol–water partition coefficient (Wildman–Crippen LogP) is 0.301. The first kappa shape index (κ1) is 10.9. The molecule has 1 rings (SSSR count). The Labute approximate surface area is 76.4 Å². The molecule has 0 aromatic heterocycles. The van der Waals surface area contributed by atoms with Gasteiger partial charge in [-0.15, -0.1) is 0 Å². The van der Waals surface area contributed by atoms with E-state index in [-0.39, 0.29) is 12.6 Å². The van der Waals surface area contributed by atoms with E-state index in [4.69, 9.17) is 22.4 Å². The molecule has 72 valence electrons. The quantitative estimate of drug-likeness (QED) is 0.514. The van der Waals surface area contributed by atoms with E-state index >= 15 is 0 Å². The van der Waals surface area contributed by atoms with Crippen LogP contribution in [0.4, 0.5) is 4.39 Å². The van der Waals surface area contributed by atoms with Gasteiger partial charge in [-0.2, -0.15) is 0 Å². The normalized spacial score (nSPS) is 29.0. The Morgan fingerprint density at radius 2 is 2.31 bits per heavy atom. The fourth-order valence-corrected chi connectivity index (χ4v) is 1.60. The average Bonchev–Trinajstić information content (AvgIpc) is 2.27. The number of hydrogen-bond donors (Lipinski definition) is 2. The maximum Gasteiger partial charge on any atom is 0.325 e. The molecule has 0 bridgehead atoms. The van der Waals surface area contributed by atoms with Crippen LogP contribution in [0.15, 0.2) is 11.9 Å². The van der Waals surface area contributed by atoms with Crippen molar-refractivity contribution in [2.45, 2.75) is 18.5 Å². The summed E-state index contributed by atoms with van der Waals surface area (Å²) in [5.74, 6) is -0.587. The minimum absolute atomic E-state index is 0.0748. The van der Waals surface area contributed by atoms with Crippen molar-refractivity contribution < 1.29 is 23.5 Å². The monoisotopic (exact) mass is 206 g/mol. The van der Waals surface area contributed by atoms with E-state index in [2.05, 4.69) is 0 Å². The molecular weight excluding hydrogens is 197 g/mol. The summed E-state index contributed by atoms with van der Waals surface area (Å²) in [4.78, 5) is 17.0. The number of halogens is 1. The summed E-state index contributed by atoms with van der Waals surface area (Å²) in [6.45, 7) is 0. The summed E-state index contributed by atoms with van der Waals surface area (Å²) >= 11 is 0. The summed E-state index contributed by atoms with van der Waals surface area (Å²) in [6.07, 6.45) is 0.266. The molecule has 1 aliphatic rings. The minimum atomic E-state index is -4.03. The average molecular weight is 206 g/mol. The van der Waals surface area contributed by atoms with Crippen LogP contribution in [0.2, 0.25) is 0 Å². The van der Waals surface area contributed by atoms with E-state index in [1.807, 2.05) is 0 Å². The molecule has 0 saturated carbocycles. The smallest absolute Gasteiger partial charge is 0.325 e. The largest absolute Gasteiger partial charge is 0.374 e. The van der Waals surface area contributed by atoms with Gasteiger partial charge >= 0.3 is 7.60 Å². The van der Waals surface area contributed by atoms with E-state index in [1.54, 1.807) is 0 Å². The first-order valence-electron chi connectivity index (χ1n) is 3.71. The van der Waals surface area contributed by atoms with Crippen LogP contribution in [-0.4, -0.2) is 35.9 Å². The van der Waals surface area contributed by atoms with Crippen molar-refractivity contribution in [2.75, 3.05) is 6.16 Å². The van der Waals surface area contributed by atoms with Crippen LogP contribution in [0, 0.1) is 0 Å². The molecule has 7 heteroatoms. The second kappa shape index (κ2) is 3.92. The van der Waals surface area contributed by atoms with Crippen LogP contribution in [0.5, 0.6) is 0 Å². The van der Waals surface area contributed by atoms with Crippen LogP contribution in [-0.2, 0) is 9.30 Å². The molecule has 0 spiro atoms. The van der Waals surface area contributed by atoms with Gasteiger partial charge in [0.25, 0.3) is 0 Å². The molecule has 0 aromatic carbocycles. The highest BCUT2D eigenvalue weighted by Gasteiger charge is 2.25. The molecule has 2 radical (unpaired) electrons. The number of hydrogen-bond acceptors (Lipinski definition) is 2. The molecular formula is C6H9BFO4P. The lowest BCUT2D eigenvalue weighted by molar-refractivity contribution is 0.0914. The molecule has 2 unspecified atom stereocenters. The Balaban J connectivity index is 2.38. The summed E-state index contributed by atoms with van der Waals surface area (Å²) in [5.41, 5.74) is 0. The zero-order valence-electron chi connectivity index (χ0n) is 6.76. The highest BCUT2D eigenvalue weighted by atomic mass is 31.2. The van der Waals surface area contributed by atoms with Crippen LogP contribution >= 0.6 is 7.60 Å². The maximum absolute atomic E-state index is 12.6. The zero-order chi connectivity index (χ0) is 10.1. The van der Waals surface area contributed by atoms with Gasteiger partial charge in [-0.25, -0.2) is 4.39 Å². The topological polar surface area (TPSA) is 66.8 Å². The van der Waals surface area contributed by atoms with Gasteiger partial charge in [0.05, 0.1) is 18.3 Å². The Hall–Kier alpha value is -0.155. The van der Waals surface area contributed by atoms with Gasteiger partial charge in [-0.1, -0.05) is 0 Å². The van der Waals surface area contributed by atoms with Gasteiger partial charge in [-0.3, -0.25) is 4.57 Å². The van der Waals surface area contributed by atoms with E-state index in [9.17, 15) is 8.96 Å². The second-order valence-corrected chi connectivity index (χ2v) is 4.60. The van der Waals surface area contributed by atoms with Gasteiger partial charge in [0.15, 0.2) is 0 Å². The van der Waals surface area contributed by atoms with E-state index < -0.39 is 25.5 Å². The predicted molar refractivity (Wildman–Crippen MR) is 45.1 cm³/mol. The number of ether oxygens (including phenoxy) is 1. The molecule has 2 N–H and O–H groups in total. The van der Waals surface area contributed by atoms with E-state index in [0.29, 0.717) is 0 Å². The van der Waals surface area contributed by atoms with Gasteiger partial charge in [0.1, 0.15) is 13.7 Å². The highest BCUT2D eigenvalue weighted by molar-refractivity contribution is 7.51. The third kappa shape index (κ3) is 3.61. The van der Waals surface area contributed by atoms with Crippen molar-refractivity contribution in [3.05, 3.63) is 11.9 Å². The molecule has 1 aliphatic heterocycles. The molecule has 0 saturated heterocycles. The third-order valence-corrected chi connectivity index (χ3v) is 2.48. The van der Waals surface area contributed by atoms with Crippen LogP contribution < -0.4 is 0 Å². The molecule has 1 heterocycles. The van der Waals surface area contributed by atoms with Gasteiger partial charge in [0.2, 0.25) is 0 Å². The van der Waals surface area contributed by atoms with Crippen molar-refractivity contribution in [3.63, 3.8) is 0 Å². The minimum Gasteiger partial charge on any atom is -0.374 e. The van der Waals surface area contributed by atoms with Crippen molar-refractivity contribution in [1.82, 2.24) is 0 Å². The lowest BCUT2D eigenvalue weighted by Crippen LogP contribution is -2.14. The van der Waals surface area contributed by atoms with Crippen molar-refractivity contribution in [3.8, 4) is 0 Å². The zero-order valence-corrected chi connectivity index (χ0v) is 7.65. The van der Waals surface area contributed by atoms with Gasteiger partial charge in [-0.05, 0) is 12.5 Å². The van der Waals surface area contributed by atoms with Crippen molar-refractivity contribution in [2.24, 2.45) is 0 Å². The molecule has 0 fully saturated rings. The Bertz CT molecular complexity index is 263. The fourth-order valence-electron chi connectivity index (χ4n) is 1.01. The first-order valence-corrected chi connectivity index (χ1v) is 5.51. The van der Waals surface area contributed by atoms with E-state index in [0.717, 1.165) is 6.08 Å². The first-order chi connectivity index (χ1) is 5.88. The summed E-state index contributed by atoms with van der Waals surface area (Å²) < 4.78 is 27.9. The van der Waals surface area contributed by atoms with Crippen molar-refractivity contribution >= 4 is 15.4 Å². The van der Waals surface area contributed by atoms with Gasteiger partial charge in [0, 0.05) is 0 Å². The number of rotatable bonds is 3. The highest BCUT2D eigenvalue weighted by Crippen LogP contribution is 2.36. The summed E-state index contributed by atoms with van der Waals surface area (Å²) in [6, 6.07) is -1.08. The Kier molecular flexibility index (Phi) is 3.30. The molecule has 2 atom stereocenters. The standard InChI is InChI=1S/C6H9BFO4P/c7-6-5(8)3-4(12-6)1-2-13(9,10)11/h3-4,6H,1-2H2,(H2,9,10,11). The van der Waals surface area contributed by atoms with Crippen LogP contribution in [0.3, 0.4) is 0 Å². The molecule has 0 aromatic rings. The van der Waals surface area contributed by atoms with Crippen molar-refractivity contribution in [1.29, 1.82) is 0 Å². The molecule has 0 amide bonds. The van der Waals surface area contributed by atoms with E-state index in [1.165, 1.54) is 0 Å². The summed E-state index contributed by atoms with van der Waals surface area (Å²) in [5, 5.41) is 0. The van der Waals surface area contributed by atoms with Gasteiger partial charge < -0.3 is 14.5 Å². The lowest BCUT2D eigenvalue weighted by atomic mass is 10.0. The third-order valence-electron chi connectivity index (χ3n) is 1.64. The fraction of sp³-hybridized carbons (Fsp3) is 0.667. The second-order valence-electron chi connectivity index (χ2n) is 2.82. The summed E-state index contributed by atoms with van der Waals surface area (Å²) in [7, 11) is 1.12. The van der Waals surface area contributed by atoms with Crippen LogP contribution in [0.1, 0.15) is 6.42 Å². The molecule has 4 nitrogen and oxygen atoms in total. The van der Waals surface area contributed by atoms with Crippen LogP contribution in [0.25, 0.3) is 0 Å².